The van der Waals surface area contributed by atoms with Gasteiger partial charge in [0.25, 0.3) is 0 Å². The molecule has 2 rings (SSSR count). The summed E-state index contributed by atoms with van der Waals surface area (Å²) in [7, 11) is 0. The van der Waals surface area contributed by atoms with Gasteiger partial charge in [-0.25, -0.2) is 4.79 Å². The van der Waals surface area contributed by atoms with Crippen molar-refractivity contribution >= 4 is 6.03 Å². The molecule has 1 atom stereocenters. The Morgan fingerprint density at radius 1 is 1.14 bits per heavy atom. The van der Waals surface area contributed by atoms with Crippen molar-refractivity contribution in [1.29, 1.82) is 0 Å². The number of amides is 2. The molecule has 0 aliphatic rings. The van der Waals surface area contributed by atoms with Gasteiger partial charge in [-0.05, 0) is 42.2 Å². The monoisotopic (exact) mass is 299 g/mol. The van der Waals surface area contributed by atoms with Crippen LogP contribution in [-0.4, -0.2) is 29.3 Å². The summed E-state index contributed by atoms with van der Waals surface area (Å²) in [4.78, 5) is 15.7. The van der Waals surface area contributed by atoms with Gasteiger partial charge in [-0.2, -0.15) is 0 Å². The van der Waals surface area contributed by atoms with Crippen LogP contribution in [0.1, 0.15) is 24.9 Å². The molecule has 116 valence electrons. The third kappa shape index (κ3) is 4.56. The number of hydrogen-bond donors (Lipinski definition) is 3. The highest BCUT2D eigenvalue weighted by atomic mass is 16.3. The van der Waals surface area contributed by atoms with Crippen molar-refractivity contribution in [3.63, 3.8) is 0 Å². The first-order valence-electron chi connectivity index (χ1n) is 7.36. The van der Waals surface area contributed by atoms with Gasteiger partial charge in [0.2, 0.25) is 0 Å². The summed E-state index contributed by atoms with van der Waals surface area (Å²) >= 11 is 0. The zero-order chi connectivity index (χ0) is 15.8. The van der Waals surface area contributed by atoms with E-state index in [1.54, 1.807) is 12.4 Å². The average molecular weight is 299 g/mol. The van der Waals surface area contributed by atoms with Crippen LogP contribution in [-0.2, 0) is 0 Å². The Morgan fingerprint density at radius 2 is 1.77 bits per heavy atom. The highest BCUT2D eigenvalue weighted by molar-refractivity contribution is 5.74. The van der Waals surface area contributed by atoms with Crippen LogP contribution in [0.3, 0.4) is 0 Å². The molecule has 0 spiro atoms. The number of benzene rings is 1. The van der Waals surface area contributed by atoms with Crippen LogP contribution in [0, 0.1) is 0 Å². The molecule has 1 aromatic heterocycles. The number of aromatic nitrogens is 1. The highest BCUT2D eigenvalue weighted by Gasteiger charge is 2.09. The quantitative estimate of drug-likeness (QED) is 0.717. The Morgan fingerprint density at radius 3 is 2.41 bits per heavy atom. The molecule has 1 unspecified atom stereocenters. The third-order valence-electron chi connectivity index (χ3n) is 3.39. The number of nitrogens with one attached hydrogen (secondary N) is 2. The fourth-order valence-electron chi connectivity index (χ4n) is 2.12. The van der Waals surface area contributed by atoms with Crippen molar-refractivity contribution in [2.45, 2.75) is 19.4 Å². The zero-order valence-electron chi connectivity index (χ0n) is 12.6. The molecule has 1 aromatic carbocycles. The molecule has 22 heavy (non-hydrogen) atoms. The molecule has 0 bridgehead atoms. The molecule has 0 aliphatic carbocycles. The second-order valence-electron chi connectivity index (χ2n) is 5.06. The van der Waals surface area contributed by atoms with Crippen molar-refractivity contribution in [1.82, 2.24) is 15.6 Å². The highest BCUT2D eigenvalue weighted by Crippen LogP contribution is 2.21. The minimum Gasteiger partial charge on any atom is -0.396 e. The third-order valence-corrected chi connectivity index (χ3v) is 3.39. The molecule has 0 aliphatic heterocycles. The molecule has 0 fully saturated rings. The Balaban J connectivity index is 1.94. The van der Waals surface area contributed by atoms with Crippen molar-refractivity contribution in [2.75, 3.05) is 13.2 Å². The van der Waals surface area contributed by atoms with E-state index in [1.165, 1.54) is 0 Å². The van der Waals surface area contributed by atoms with Crippen molar-refractivity contribution < 1.29 is 9.90 Å². The summed E-state index contributed by atoms with van der Waals surface area (Å²) in [5, 5.41) is 14.3. The first-order chi connectivity index (χ1) is 10.7. The predicted octanol–water partition coefficient (Wildman–Crippen LogP) is 2.49. The van der Waals surface area contributed by atoms with Gasteiger partial charge < -0.3 is 15.7 Å². The van der Waals surface area contributed by atoms with E-state index in [9.17, 15) is 4.79 Å². The van der Waals surface area contributed by atoms with Gasteiger partial charge in [0.05, 0.1) is 6.04 Å². The maximum Gasteiger partial charge on any atom is 0.315 e. The minimum atomic E-state index is -0.223. The van der Waals surface area contributed by atoms with Crippen LogP contribution < -0.4 is 10.6 Å². The SMILES string of the molecule is CC(NC(=O)NCCCO)c1ccc(-c2ccncc2)cc1. The van der Waals surface area contributed by atoms with Crippen LogP contribution in [0.5, 0.6) is 0 Å². The normalized spacial score (nSPS) is 11.7. The zero-order valence-corrected chi connectivity index (χ0v) is 12.6. The number of aliphatic hydroxyl groups excluding tert-OH is 1. The number of aliphatic hydroxyl groups is 1. The molecule has 3 N–H and O–H groups in total. The van der Waals surface area contributed by atoms with Gasteiger partial charge >= 0.3 is 6.03 Å². The molecular weight excluding hydrogens is 278 g/mol. The molecule has 5 nitrogen and oxygen atoms in total. The van der Waals surface area contributed by atoms with Crippen LogP contribution in [0.15, 0.2) is 48.8 Å². The van der Waals surface area contributed by atoms with Crippen molar-refractivity contribution in [3.05, 3.63) is 54.4 Å². The van der Waals surface area contributed by atoms with Crippen LogP contribution >= 0.6 is 0 Å². The molecule has 5 heteroatoms. The molecule has 2 amide bonds. The molecular formula is C17H21N3O2. The lowest BCUT2D eigenvalue weighted by molar-refractivity contribution is 0.235. The van der Waals surface area contributed by atoms with Gasteiger partial charge in [-0.3, -0.25) is 4.98 Å². The molecule has 2 aromatic rings. The van der Waals surface area contributed by atoms with Crippen molar-refractivity contribution in [3.8, 4) is 11.1 Å². The number of carbonyl (C=O) groups excluding carboxylic acids is 1. The first-order valence-corrected chi connectivity index (χ1v) is 7.36. The van der Waals surface area contributed by atoms with Gasteiger partial charge in [-0.15, -0.1) is 0 Å². The molecule has 0 radical (unpaired) electrons. The maximum atomic E-state index is 11.7. The largest absolute Gasteiger partial charge is 0.396 e. The van der Waals surface area contributed by atoms with E-state index in [1.807, 2.05) is 43.3 Å². The van der Waals surface area contributed by atoms with E-state index in [2.05, 4.69) is 15.6 Å². The summed E-state index contributed by atoms with van der Waals surface area (Å²) in [5.74, 6) is 0. The lowest BCUT2D eigenvalue weighted by Crippen LogP contribution is -2.37. The summed E-state index contributed by atoms with van der Waals surface area (Å²) in [6, 6.07) is 11.7. The van der Waals surface area contributed by atoms with E-state index >= 15 is 0 Å². The topological polar surface area (TPSA) is 74.2 Å². The van der Waals surface area contributed by atoms with E-state index in [0.717, 1.165) is 16.7 Å². The van der Waals surface area contributed by atoms with Crippen LogP contribution in [0.2, 0.25) is 0 Å². The summed E-state index contributed by atoms with van der Waals surface area (Å²) in [5.41, 5.74) is 3.27. The number of pyridine rings is 1. The van der Waals surface area contributed by atoms with E-state index in [4.69, 9.17) is 5.11 Å². The second kappa shape index (κ2) is 8.14. The average Bonchev–Trinajstić information content (AvgIpc) is 2.56. The van der Waals surface area contributed by atoms with E-state index in [0.29, 0.717) is 13.0 Å². The van der Waals surface area contributed by atoms with E-state index in [-0.39, 0.29) is 18.7 Å². The second-order valence-corrected chi connectivity index (χ2v) is 5.06. The molecule has 1 heterocycles. The van der Waals surface area contributed by atoms with Gasteiger partial charge in [0.1, 0.15) is 0 Å². The van der Waals surface area contributed by atoms with Gasteiger partial charge in [0, 0.05) is 25.5 Å². The summed E-state index contributed by atoms with van der Waals surface area (Å²) < 4.78 is 0. The summed E-state index contributed by atoms with van der Waals surface area (Å²) in [6.45, 7) is 2.48. The predicted molar refractivity (Wildman–Crippen MR) is 86.3 cm³/mol. The van der Waals surface area contributed by atoms with Gasteiger partial charge in [-0.1, -0.05) is 24.3 Å². The molecule has 0 saturated carbocycles. The molecule has 0 saturated heterocycles. The number of hydrogen-bond acceptors (Lipinski definition) is 3. The Kier molecular flexibility index (Phi) is 5.91. The number of rotatable bonds is 6. The lowest BCUT2D eigenvalue weighted by Gasteiger charge is -2.15. The van der Waals surface area contributed by atoms with Crippen LogP contribution in [0.25, 0.3) is 11.1 Å². The smallest absolute Gasteiger partial charge is 0.315 e. The van der Waals surface area contributed by atoms with Gasteiger partial charge in [0.15, 0.2) is 0 Å². The fraction of sp³-hybridized carbons (Fsp3) is 0.294. The standard InChI is InChI=1S/C17H21N3O2/c1-13(20-17(22)19-9-2-12-21)14-3-5-15(6-4-14)16-7-10-18-11-8-16/h3-8,10-11,13,21H,2,9,12H2,1H3,(H2,19,20,22). The summed E-state index contributed by atoms with van der Waals surface area (Å²) in [6.07, 6.45) is 4.09. The fourth-order valence-corrected chi connectivity index (χ4v) is 2.12. The Labute approximate surface area is 130 Å². The number of nitrogens with zero attached hydrogens (tertiary/aromatic N) is 1. The van der Waals surface area contributed by atoms with Crippen molar-refractivity contribution in [2.24, 2.45) is 0 Å². The lowest BCUT2D eigenvalue weighted by atomic mass is 10.0. The Hall–Kier alpha value is -2.40. The van der Waals surface area contributed by atoms with Crippen LogP contribution in [0.4, 0.5) is 4.79 Å². The maximum absolute atomic E-state index is 11.7. The number of urea groups is 1. The van der Waals surface area contributed by atoms with E-state index < -0.39 is 0 Å². The Bertz CT molecular complexity index is 585. The first kappa shape index (κ1) is 16.0. The number of carbonyl (C=O) groups is 1. The minimum absolute atomic E-state index is 0.0757.